The van der Waals surface area contributed by atoms with Crippen LogP contribution in [0.15, 0.2) is 35.1 Å². The fraction of sp³-hybridized carbons (Fsp3) is 0.231. The fourth-order valence-corrected chi connectivity index (χ4v) is 2.24. The van der Waals surface area contributed by atoms with Crippen LogP contribution in [0.2, 0.25) is 5.02 Å². The van der Waals surface area contributed by atoms with Crippen LogP contribution in [0.3, 0.4) is 0 Å². The van der Waals surface area contributed by atoms with Crippen LogP contribution in [0.5, 0.6) is 0 Å². The molecule has 2 N–H and O–H groups in total. The minimum Gasteiger partial charge on any atom is -0.378 e. The van der Waals surface area contributed by atoms with E-state index in [4.69, 9.17) is 11.6 Å². The molecule has 2 rings (SSSR count). The minimum absolute atomic E-state index is 0.0883. The minimum atomic E-state index is -0.0883. The summed E-state index contributed by atoms with van der Waals surface area (Å²) >= 11 is 9.54. The fourth-order valence-electron chi connectivity index (χ4n) is 1.64. The van der Waals surface area contributed by atoms with E-state index in [9.17, 15) is 4.79 Å². The molecule has 0 aliphatic heterocycles. The molecule has 0 radical (unpaired) electrons. The van der Waals surface area contributed by atoms with Gasteiger partial charge in [-0.25, -0.2) is 0 Å². The number of benzene rings is 1. The molecule has 7 heteroatoms. The lowest BCUT2D eigenvalue weighted by molar-refractivity contribution is -0.121. The Balaban J connectivity index is 1.97. The van der Waals surface area contributed by atoms with Crippen molar-refractivity contribution < 1.29 is 4.79 Å². The molecule has 5 nitrogen and oxygen atoms in total. The van der Waals surface area contributed by atoms with Gasteiger partial charge in [0.15, 0.2) is 0 Å². The van der Waals surface area contributed by atoms with Gasteiger partial charge in [-0.1, -0.05) is 27.5 Å². The van der Waals surface area contributed by atoms with Crippen LogP contribution in [0.1, 0.15) is 5.56 Å². The summed E-state index contributed by atoms with van der Waals surface area (Å²) in [6.45, 7) is 0.791. The zero-order valence-corrected chi connectivity index (χ0v) is 13.2. The summed E-state index contributed by atoms with van der Waals surface area (Å²) in [5.74, 6) is -0.0883. The Morgan fingerprint density at radius 3 is 3.05 bits per heavy atom. The van der Waals surface area contributed by atoms with Crippen LogP contribution in [0.25, 0.3) is 0 Å². The molecule has 0 aliphatic carbocycles. The van der Waals surface area contributed by atoms with Crippen LogP contribution in [-0.4, -0.2) is 22.7 Å². The second kappa shape index (κ2) is 6.76. The lowest BCUT2D eigenvalue weighted by atomic mass is 10.2. The highest BCUT2D eigenvalue weighted by Gasteiger charge is 2.04. The predicted octanol–water partition coefficient (Wildman–Crippen LogP) is 2.66. The number of likely N-dealkylation sites (N-methyl/N-ethyl adjacent to an activating group) is 1. The molecule has 0 atom stereocenters. The number of halogens is 2. The van der Waals surface area contributed by atoms with E-state index in [1.807, 2.05) is 18.2 Å². The molecule has 0 aliphatic rings. The van der Waals surface area contributed by atoms with Crippen LogP contribution < -0.4 is 10.6 Å². The number of carbonyl (C=O) groups is 1. The molecule has 1 aromatic carbocycles. The number of hydrogen-bond acceptors (Lipinski definition) is 3. The standard InChI is InChI=1S/C13H14BrClN4O/c1-16-13(20)8-19-7-11(6-18-19)17-5-9-4-10(14)2-3-12(9)15/h2-4,6-7,17H,5,8H2,1H3,(H,16,20). The first-order valence-electron chi connectivity index (χ1n) is 5.99. The van der Waals surface area contributed by atoms with Crippen LogP contribution in [-0.2, 0) is 17.9 Å². The Hall–Kier alpha value is -1.53. The molecule has 0 spiro atoms. The lowest BCUT2D eigenvalue weighted by Gasteiger charge is -2.06. The number of nitrogens with zero attached hydrogens (tertiary/aromatic N) is 2. The summed E-state index contributed by atoms with van der Waals surface area (Å²) in [4.78, 5) is 11.2. The molecule has 0 saturated heterocycles. The highest BCUT2D eigenvalue weighted by Crippen LogP contribution is 2.21. The molecule has 0 saturated carbocycles. The van der Waals surface area contributed by atoms with Crippen molar-refractivity contribution in [3.05, 3.63) is 45.7 Å². The SMILES string of the molecule is CNC(=O)Cn1cc(NCc2cc(Br)ccc2Cl)cn1. The normalized spacial score (nSPS) is 10.3. The van der Waals surface area contributed by atoms with E-state index in [1.165, 1.54) is 0 Å². The Morgan fingerprint density at radius 2 is 2.30 bits per heavy atom. The first kappa shape index (κ1) is 14.9. The van der Waals surface area contributed by atoms with Gasteiger partial charge in [0.1, 0.15) is 6.54 Å². The maximum atomic E-state index is 11.2. The first-order valence-corrected chi connectivity index (χ1v) is 7.16. The van der Waals surface area contributed by atoms with Gasteiger partial charge in [0, 0.05) is 29.3 Å². The molecule has 0 bridgehead atoms. The highest BCUT2D eigenvalue weighted by molar-refractivity contribution is 9.10. The van der Waals surface area contributed by atoms with Crippen molar-refractivity contribution in [2.24, 2.45) is 0 Å². The smallest absolute Gasteiger partial charge is 0.241 e. The van der Waals surface area contributed by atoms with Crippen molar-refractivity contribution >= 4 is 39.1 Å². The molecule has 20 heavy (non-hydrogen) atoms. The molecule has 1 amide bonds. The topological polar surface area (TPSA) is 59.0 Å². The molecule has 2 aromatic rings. The monoisotopic (exact) mass is 356 g/mol. The van der Waals surface area contributed by atoms with E-state index in [0.29, 0.717) is 11.6 Å². The zero-order valence-electron chi connectivity index (χ0n) is 10.9. The second-order valence-corrected chi connectivity index (χ2v) is 5.51. The maximum absolute atomic E-state index is 11.2. The Bertz CT molecular complexity index is 614. The van der Waals surface area contributed by atoms with Gasteiger partial charge in [0.25, 0.3) is 0 Å². The number of anilines is 1. The molecule has 106 valence electrons. The van der Waals surface area contributed by atoms with Crippen LogP contribution in [0, 0.1) is 0 Å². The molecule has 1 heterocycles. The van der Waals surface area contributed by atoms with Gasteiger partial charge in [0.2, 0.25) is 5.91 Å². The van der Waals surface area contributed by atoms with Crippen molar-refractivity contribution in [1.29, 1.82) is 0 Å². The van der Waals surface area contributed by atoms with Gasteiger partial charge in [-0.05, 0) is 23.8 Å². The molecular weight excluding hydrogens is 344 g/mol. The van der Waals surface area contributed by atoms with Crippen molar-refractivity contribution in [3.63, 3.8) is 0 Å². The van der Waals surface area contributed by atoms with Gasteiger partial charge in [0.05, 0.1) is 11.9 Å². The number of aromatic nitrogens is 2. The van der Waals surface area contributed by atoms with E-state index in [2.05, 4.69) is 31.7 Å². The van der Waals surface area contributed by atoms with E-state index >= 15 is 0 Å². The average Bonchev–Trinajstić information content (AvgIpc) is 2.87. The van der Waals surface area contributed by atoms with E-state index < -0.39 is 0 Å². The van der Waals surface area contributed by atoms with Gasteiger partial charge in [-0.15, -0.1) is 0 Å². The molecule has 0 unspecified atom stereocenters. The zero-order chi connectivity index (χ0) is 14.5. The molecule has 0 fully saturated rings. The third kappa shape index (κ3) is 3.98. The van der Waals surface area contributed by atoms with Crippen LogP contribution in [0.4, 0.5) is 5.69 Å². The van der Waals surface area contributed by atoms with Gasteiger partial charge >= 0.3 is 0 Å². The highest BCUT2D eigenvalue weighted by atomic mass is 79.9. The summed E-state index contributed by atoms with van der Waals surface area (Å²) < 4.78 is 2.55. The van der Waals surface area contributed by atoms with Crippen molar-refractivity contribution in [2.45, 2.75) is 13.1 Å². The predicted molar refractivity (Wildman–Crippen MR) is 82.8 cm³/mol. The molecule has 1 aromatic heterocycles. The third-order valence-corrected chi connectivity index (χ3v) is 3.57. The third-order valence-electron chi connectivity index (χ3n) is 2.71. The largest absolute Gasteiger partial charge is 0.378 e. The summed E-state index contributed by atoms with van der Waals surface area (Å²) in [6.07, 6.45) is 3.45. The van der Waals surface area contributed by atoms with E-state index in [1.54, 1.807) is 24.1 Å². The number of rotatable bonds is 5. The lowest BCUT2D eigenvalue weighted by Crippen LogP contribution is -2.23. The average molecular weight is 358 g/mol. The summed E-state index contributed by atoms with van der Waals surface area (Å²) in [6, 6.07) is 5.70. The van der Waals surface area contributed by atoms with Gasteiger partial charge in [-0.2, -0.15) is 5.10 Å². The van der Waals surface area contributed by atoms with E-state index in [0.717, 1.165) is 15.7 Å². The second-order valence-electron chi connectivity index (χ2n) is 4.19. The first-order chi connectivity index (χ1) is 9.58. The summed E-state index contributed by atoms with van der Waals surface area (Å²) in [7, 11) is 1.60. The van der Waals surface area contributed by atoms with Gasteiger partial charge in [-0.3, -0.25) is 9.48 Å². The summed E-state index contributed by atoms with van der Waals surface area (Å²) in [5.41, 5.74) is 1.82. The number of carbonyl (C=O) groups excluding carboxylic acids is 1. The summed E-state index contributed by atoms with van der Waals surface area (Å²) in [5, 5.41) is 10.6. The van der Waals surface area contributed by atoms with Crippen LogP contribution >= 0.6 is 27.5 Å². The Morgan fingerprint density at radius 1 is 1.50 bits per heavy atom. The quantitative estimate of drug-likeness (QED) is 0.865. The Kier molecular flexibility index (Phi) is 5.03. The maximum Gasteiger partial charge on any atom is 0.241 e. The van der Waals surface area contributed by atoms with E-state index in [-0.39, 0.29) is 12.5 Å². The van der Waals surface area contributed by atoms with Crippen molar-refractivity contribution in [3.8, 4) is 0 Å². The van der Waals surface area contributed by atoms with Crippen molar-refractivity contribution in [1.82, 2.24) is 15.1 Å². The van der Waals surface area contributed by atoms with Crippen molar-refractivity contribution in [2.75, 3.05) is 12.4 Å². The number of amides is 1. The number of nitrogens with one attached hydrogen (secondary N) is 2. The number of hydrogen-bond donors (Lipinski definition) is 2. The Labute approximate surface area is 130 Å². The van der Waals surface area contributed by atoms with Gasteiger partial charge < -0.3 is 10.6 Å². The molecular formula is C13H14BrClN4O.